The summed E-state index contributed by atoms with van der Waals surface area (Å²) in [5.41, 5.74) is 1.90. The molecule has 0 spiro atoms. The second kappa shape index (κ2) is 3.12. The first kappa shape index (κ1) is 8.16. The topological polar surface area (TPSA) is 52.1 Å². The number of hydrogen-bond acceptors (Lipinski definition) is 4. The van der Waals surface area contributed by atoms with E-state index in [4.69, 9.17) is 4.74 Å². The lowest BCUT2D eigenvalue weighted by molar-refractivity contribution is -0.142. The van der Waals surface area contributed by atoms with Crippen molar-refractivity contribution in [3.63, 3.8) is 0 Å². The fourth-order valence-corrected chi connectivity index (χ4v) is 1.69. The van der Waals surface area contributed by atoms with Crippen LogP contribution in [0.3, 0.4) is 0 Å². The Balaban J connectivity index is 2.33. The van der Waals surface area contributed by atoms with Crippen LogP contribution in [0.5, 0.6) is 0 Å². The summed E-state index contributed by atoms with van der Waals surface area (Å²) in [5.74, 6) is -0.338. The molecular formula is C9H10N2O2. The minimum Gasteiger partial charge on any atom is -0.469 e. The first-order valence-electron chi connectivity index (χ1n) is 4.19. The van der Waals surface area contributed by atoms with Gasteiger partial charge in [-0.15, -0.1) is 0 Å². The van der Waals surface area contributed by atoms with Gasteiger partial charge in [-0.25, -0.2) is 9.97 Å². The first-order chi connectivity index (χ1) is 6.33. The SMILES string of the molecule is COC(=O)C1CCc2ncncc21. The van der Waals surface area contributed by atoms with Crippen molar-refractivity contribution >= 4 is 5.97 Å². The lowest BCUT2D eigenvalue weighted by Gasteiger charge is -2.06. The Morgan fingerprint density at radius 2 is 2.54 bits per heavy atom. The van der Waals surface area contributed by atoms with Gasteiger partial charge in [-0.05, 0) is 12.8 Å². The molecule has 1 aliphatic carbocycles. The van der Waals surface area contributed by atoms with E-state index in [1.165, 1.54) is 13.4 Å². The number of methoxy groups -OCH3 is 1. The molecule has 68 valence electrons. The number of aromatic nitrogens is 2. The van der Waals surface area contributed by atoms with Crippen LogP contribution in [-0.2, 0) is 16.0 Å². The van der Waals surface area contributed by atoms with E-state index in [1.807, 2.05) is 0 Å². The van der Waals surface area contributed by atoms with E-state index in [9.17, 15) is 4.79 Å². The van der Waals surface area contributed by atoms with E-state index in [-0.39, 0.29) is 11.9 Å². The normalized spacial score (nSPS) is 19.6. The van der Waals surface area contributed by atoms with E-state index in [1.54, 1.807) is 6.20 Å². The van der Waals surface area contributed by atoms with Crippen LogP contribution >= 0.6 is 0 Å². The van der Waals surface area contributed by atoms with Gasteiger partial charge in [0, 0.05) is 17.5 Å². The van der Waals surface area contributed by atoms with Crippen molar-refractivity contribution in [3.8, 4) is 0 Å². The molecule has 13 heavy (non-hydrogen) atoms. The van der Waals surface area contributed by atoms with E-state index >= 15 is 0 Å². The number of hydrogen-bond donors (Lipinski definition) is 0. The first-order valence-corrected chi connectivity index (χ1v) is 4.19. The van der Waals surface area contributed by atoms with E-state index < -0.39 is 0 Å². The monoisotopic (exact) mass is 178 g/mol. The highest BCUT2D eigenvalue weighted by atomic mass is 16.5. The second-order valence-corrected chi connectivity index (χ2v) is 3.04. The third kappa shape index (κ3) is 1.28. The van der Waals surface area contributed by atoms with Gasteiger partial charge in [0.1, 0.15) is 6.33 Å². The highest BCUT2D eigenvalue weighted by Gasteiger charge is 2.30. The fraction of sp³-hybridized carbons (Fsp3) is 0.444. The molecule has 0 aliphatic heterocycles. The van der Waals surface area contributed by atoms with Gasteiger partial charge in [-0.2, -0.15) is 0 Å². The molecular weight excluding hydrogens is 168 g/mol. The summed E-state index contributed by atoms with van der Waals surface area (Å²) >= 11 is 0. The zero-order valence-electron chi connectivity index (χ0n) is 7.36. The average Bonchev–Trinajstić information content (AvgIpc) is 2.60. The smallest absolute Gasteiger partial charge is 0.313 e. The summed E-state index contributed by atoms with van der Waals surface area (Å²) in [6.45, 7) is 0. The Bertz CT molecular complexity index is 338. The van der Waals surface area contributed by atoms with Crippen LogP contribution in [0.25, 0.3) is 0 Å². The van der Waals surface area contributed by atoms with Crippen molar-refractivity contribution in [3.05, 3.63) is 23.8 Å². The third-order valence-corrected chi connectivity index (χ3v) is 2.36. The molecule has 0 saturated heterocycles. The average molecular weight is 178 g/mol. The fourth-order valence-electron chi connectivity index (χ4n) is 1.69. The van der Waals surface area contributed by atoms with Gasteiger partial charge in [-0.3, -0.25) is 4.79 Å². The van der Waals surface area contributed by atoms with E-state index in [2.05, 4.69) is 9.97 Å². The summed E-state index contributed by atoms with van der Waals surface area (Å²) in [5, 5.41) is 0. The predicted molar refractivity (Wildman–Crippen MR) is 45.1 cm³/mol. The zero-order chi connectivity index (χ0) is 9.26. The molecule has 4 nitrogen and oxygen atoms in total. The molecule has 0 bridgehead atoms. The van der Waals surface area contributed by atoms with E-state index in [0.717, 1.165) is 24.1 Å². The van der Waals surface area contributed by atoms with Gasteiger partial charge in [0.2, 0.25) is 0 Å². The Labute approximate surface area is 76.0 Å². The van der Waals surface area contributed by atoms with Crippen molar-refractivity contribution in [2.45, 2.75) is 18.8 Å². The van der Waals surface area contributed by atoms with Crippen LogP contribution in [0.15, 0.2) is 12.5 Å². The number of carbonyl (C=O) groups is 1. The number of nitrogens with zero attached hydrogens (tertiary/aromatic N) is 2. The number of ether oxygens (including phenoxy) is 1. The van der Waals surface area contributed by atoms with Crippen molar-refractivity contribution in [2.24, 2.45) is 0 Å². The highest BCUT2D eigenvalue weighted by Crippen LogP contribution is 2.31. The van der Waals surface area contributed by atoms with Crippen LogP contribution in [0.2, 0.25) is 0 Å². The number of carbonyl (C=O) groups excluding carboxylic acids is 1. The summed E-state index contributed by atoms with van der Waals surface area (Å²) in [7, 11) is 1.41. The van der Waals surface area contributed by atoms with Crippen molar-refractivity contribution < 1.29 is 9.53 Å². The van der Waals surface area contributed by atoms with Crippen LogP contribution in [0, 0.1) is 0 Å². The molecule has 0 N–H and O–H groups in total. The third-order valence-electron chi connectivity index (χ3n) is 2.36. The van der Waals surface area contributed by atoms with Crippen molar-refractivity contribution in [1.29, 1.82) is 0 Å². The maximum Gasteiger partial charge on any atom is 0.313 e. The number of fused-ring (bicyclic) bond motifs is 1. The molecule has 1 unspecified atom stereocenters. The zero-order valence-corrected chi connectivity index (χ0v) is 7.36. The Morgan fingerprint density at radius 3 is 3.31 bits per heavy atom. The Morgan fingerprint density at radius 1 is 1.69 bits per heavy atom. The van der Waals surface area contributed by atoms with Crippen LogP contribution < -0.4 is 0 Å². The molecule has 1 atom stereocenters. The number of esters is 1. The number of aryl methyl sites for hydroxylation is 1. The van der Waals surface area contributed by atoms with E-state index in [0.29, 0.717) is 0 Å². The van der Waals surface area contributed by atoms with Gasteiger partial charge in [-0.1, -0.05) is 0 Å². The van der Waals surface area contributed by atoms with Gasteiger partial charge < -0.3 is 4.74 Å². The summed E-state index contributed by atoms with van der Waals surface area (Å²) in [6, 6.07) is 0. The molecule has 2 rings (SSSR count). The van der Waals surface area contributed by atoms with Gasteiger partial charge in [0.15, 0.2) is 0 Å². The molecule has 4 heteroatoms. The molecule has 1 aromatic rings. The van der Waals surface area contributed by atoms with Crippen LogP contribution in [0.1, 0.15) is 23.6 Å². The highest BCUT2D eigenvalue weighted by molar-refractivity contribution is 5.79. The lowest BCUT2D eigenvalue weighted by Crippen LogP contribution is -2.11. The molecule has 0 radical (unpaired) electrons. The Kier molecular flexibility index (Phi) is 1.96. The molecule has 0 amide bonds. The molecule has 0 fully saturated rings. The molecule has 0 saturated carbocycles. The second-order valence-electron chi connectivity index (χ2n) is 3.04. The van der Waals surface area contributed by atoms with Gasteiger partial charge in [0.25, 0.3) is 0 Å². The summed E-state index contributed by atoms with van der Waals surface area (Å²) in [6.07, 6.45) is 4.85. The van der Waals surface area contributed by atoms with Gasteiger partial charge in [0.05, 0.1) is 13.0 Å². The van der Waals surface area contributed by atoms with Crippen molar-refractivity contribution in [1.82, 2.24) is 9.97 Å². The maximum absolute atomic E-state index is 11.3. The quantitative estimate of drug-likeness (QED) is 0.593. The molecule has 0 aromatic carbocycles. The van der Waals surface area contributed by atoms with Crippen LogP contribution in [-0.4, -0.2) is 23.0 Å². The summed E-state index contributed by atoms with van der Waals surface area (Å²) in [4.78, 5) is 19.3. The molecule has 1 aromatic heterocycles. The van der Waals surface area contributed by atoms with Gasteiger partial charge >= 0.3 is 5.97 Å². The number of rotatable bonds is 1. The van der Waals surface area contributed by atoms with Crippen LogP contribution in [0.4, 0.5) is 0 Å². The lowest BCUT2D eigenvalue weighted by atomic mass is 10.1. The molecule has 1 aliphatic rings. The maximum atomic E-state index is 11.3. The standard InChI is InChI=1S/C9H10N2O2/c1-13-9(12)6-2-3-8-7(6)4-10-5-11-8/h4-6H,2-3H2,1H3. The minimum atomic E-state index is -0.187. The Hall–Kier alpha value is -1.45. The summed E-state index contributed by atoms with van der Waals surface area (Å²) < 4.78 is 4.70. The predicted octanol–water partition coefficient (Wildman–Crippen LogP) is 0.679. The van der Waals surface area contributed by atoms with Crippen molar-refractivity contribution in [2.75, 3.05) is 7.11 Å². The largest absolute Gasteiger partial charge is 0.469 e. The minimum absolute atomic E-state index is 0.152. The molecule has 1 heterocycles.